The van der Waals surface area contributed by atoms with Gasteiger partial charge in [-0.05, 0) is 48.9 Å². The van der Waals surface area contributed by atoms with E-state index < -0.39 is 0 Å². The Morgan fingerprint density at radius 3 is 2.69 bits per heavy atom. The summed E-state index contributed by atoms with van der Waals surface area (Å²) in [4.78, 5) is 18.3. The van der Waals surface area contributed by atoms with Crippen molar-refractivity contribution >= 4 is 45.0 Å². The van der Waals surface area contributed by atoms with Gasteiger partial charge in [0.15, 0.2) is 16.5 Å². The summed E-state index contributed by atoms with van der Waals surface area (Å²) in [6, 6.07) is 20.9. The summed E-state index contributed by atoms with van der Waals surface area (Å²) in [5, 5.41) is 0.661. The van der Waals surface area contributed by atoms with Crippen LogP contribution >= 0.6 is 22.9 Å². The molecule has 0 aliphatic carbocycles. The lowest BCUT2D eigenvalue weighted by Gasteiger charge is -2.13. The Morgan fingerprint density at radius 2 is 1.84 bits per heavy atom. The summed E-state index contributed by atoms with van der Waals surface area (Å²) in [7, 11) is 0. The van der Waals surface area contributed by atoms with Crippen molar-refractivity contribution in [2.75, 3.05) is 6.61 Å². The van der Waals surface area contributed by atoms with E-state index in [9.17, 15) is 4.79 Å². The zero-order chi connectivity index (χ0) is 22.1. The minimum atomic E-state index is -0.0734. The minimum Gasteiger partial charge on any atom is -0.490 e. The van der Waals surface area contributed by atoms with Gasteiger partial charge >= 0.3 is 0 Å². The van der Waals surface area contributed by atoms with E-state index in [4.69, 9.17) is 21.1 Å². The maximum absolute atomic E-state index is 13.0. The average molecular weight is 463 g/mol. The first-order chi connectivity index (χ1) is 15.6. The highest BCUT2D eigenvalue weighted by Crippen LogP contribution is 2.30. The van der Waals surface area contributed by atoms with E-state index in [1.165, 1.54) is 11.3 Å². The van der Waals surface area contributed by atoms with Crippen LogP contribution < -0.4 is 19.6 Å². The van der Waals surface area contributed by atoms with Crippen LogP contribution in [0.4, 0.5) is 0 Å². The zero-order valence-corrected chi connectivity index (χ0v) is 18.8. The molecule has 0 bridgehead atoms. The number of imidazole rings is 1. The number of thiazole rings is 1. The fraction of sp³-hybridized carbons (Fsp3) is 0.120. The van der Waals surface area contributed by atoms with Crippen molar-refractivity contribution in [2.24, 2.45) is 0 Å². The van der Waals surface area contributed by atoms with Gasteiger partial charge in [0, 0.05) is 10.6 Å². The zero-order valence-electron chi connectivity index (χ0n) is 17.2. The van der Waals surface area contributed by atoms with Gasteiger partial charge in [-0.25, -0.2) is 9.38 Å². The first-order valence-electron chi connectivity index (χ1n) is 10.2. The van der Waals surface area contributed by atoms with E-state index >= 15 is 0 Å². The average Bonchev–Trinajstić information content (AvgIpc) is 3.30. The van der Waals surface area contributed by atoms with Crippen LogP contribution in [-0.2, 0) is 6.61 Å². The summed E-state index contributed by atoms with van der Waals surface area (Å²) >= 11 is 7.60. The number of rotatable bonds is 6. The molecule has 0 unspecified atom stereocenters. The molecule has 2 heterocycles. The van der Waals surface area contributed by atoms with Gasteiger partial charge in [0.25, 0.3) is 5.56 Å². The van der Waals surface area contributed by atoms with Crippen LogP contribution in [0.5, 0.6) is 11.5 Å². The molecule has 0 fully saturated rings. The number of ether oxygens (including phenoxy) is 2. The Morgan fingerprint density at radius 1 is 1.03 bits per heavy atom. The summed E-state index contributed by atoms with van der Waals surface area (Å²) in [6.07, 6.45) is 1.86. The highest BCUT2D eigenvalue weighted by atomic mass is 35.5. The molecule has 5 nitrogen and oxygen atoms in total. The lowest BCUT2D eigenvalue weighted by atomic mass is 10.2. The molecule has 2 aromatic heterocycles. The highest BCUT2D eigenvalue weighted by Gasteiger charge is 2.12. The molecule has 0 radical (unpaired) electrons. The molecule has 0 aliphatic rings. The molecule has 0 atom stereocenters. The molecule has 32 heavy (non-hydrogen) atoms. The highest BCUT2D eigenvalue weighted by molar-refractivity contribution is 7.15. The second-order valence-electron chi connectivity index (χ2n) is 7.15. The van der Waals surface area contributed by atoms with Gasteiger partial charge in [-0.1, -0.05) is 59.3 Å². The third-order valence-electron chi connectivity index (χ3n) is 5.05. The predicted octanol–water partition coefficient (Wildman–Crippen LogP) is 5.09. The molecule has 0 amide bonds. The molecule has 7 heteroatoms. The van der Waals surface area contributed by atoms with E-state index in [1.807, 2.05) is 79.7 Å². The Hall–Kier alpha value is -3.35. The topological polar surface area (TPSA) is 52.8 Å². The molecule has 0 N–H and O–H groups in total. The van der Waals surface area contributed by atoms with Crippen LogP contribution in [0, 0.1) is 0 Å². The second kappa shape index (κ2) is 8.65. The Kier molecular flexibility index (Phi) is 5.55. The van der Waals surface area contributed by atoms with Crippen LogP contribution in [0.15, 0.2) is 71.5 Å². The van der Waals surface area contributed by atoms with Gasteiger partial charge in [-0.3, -0.25) is 4.79 Å². The largest absolute Gasteiger partial charge is 0.490 e. The number of hydrogen-bond acceptors (Lipinski definition) is 5. The molecule has 3 aromatic carbocycles. The van der Waals surface area contributed by atoms with Crippen molar-refractivity contribution in [3.05, 3.63) is 97.8 Å². The van der Waals surface area contributed by atoms with Crippen LogP contribution in [0.2, 0.25) is 5.02 Å². The molecule has 5 rings (SSSR count). The number of fused-ring (bicyclic) bond motifs is 3. The number of benzene rings is 3. The fourth-order valence-corrected chi connectivity index (χ4v) is 4.71. The van der Waals surface area contributed by atoms with E-state index in [2.05, 4.69) is 4.98 Å². The van der Waals surface area contributed by atoms with Crippen LogP contribution in [0.1, 0.15) is 18.1 Å². The second-order valence-corrected chi connectivity index (χ2v) is 8.57. The molecule has 0 saturated carbocycles. The van der Waals surface area contributed by atoms with Crippen molar-refractivity contribution < 1.29 is 9.47 Å². The molecular formula is C25H19ClN2O3S. The quantitative estimate of drug-likeness (QED) is 0.353. The third kappa shape index (κ3) is 3.83. The van der Waals surface area contributed by atoms with Crippen LogP contribution in [0.3, 0.4) is 0 Å². The molecule has 5 aromatic rings. The number of halogens is 1. The van der Waals surface area contributed by atoms with Gasteiger partial charge in [0.05, 0.1) is 22.2 Å². The number of aromatic nitrogens is 2. The Bertz CT molecular complexity index is 1540. The maximum atomic E-state index is 13.0. The number of nitrogens with zero attached hydrogens (tertiary/aromatic N) is 2. The van der Waals surface area contributed by atoms with Gasteiger partial charge in [0.1, 0.15) is 6.61 Å². The van der Waals surface area contributed by atoms with E-state index in [-0.39, 0.29) is 5.56 Å². The summed E-state index contributed by atoms with van der Waals surface area (Å²) < 4.78 is 14.0. The first kappa shape index (κ1) is 20.5. The monoisotopic (exact) mass is 462 g/mol. The smallest absolute Gasteiger partial charge is 0.274 e. The fourth-order valence-electron chi connectivity index (χ4n) is 3.54. The number of para-hydroxylation sites is 2. The van der Waals surface area contributed by atoms with E-state index in [0.29, 0.717) is 39.2 Å². The Balaban J connectivity index is 1.49. The molecular weight excluding hydrogens is 444 g/mol. The van der Waals surface area contributed by atoms with Crippen molar-refractivity contribution in [1.82, 2.24) is 9.38 Å². The lowest BCUT2D eigenvalue weighted by molar-refractivity contribution is 0.269. The van der Waals surface area contributed by atoms with Crippen molar-refractivity contribution in [1.29, 1.82) is 0 Å². The van der Waals surface area contributed by atoms with Gasteiger partial charge in [0.2, 0.25) is 0 Å². The van der Waals surface area contributed by atoms with Crippen LogP contribution in [0.25, 0.3) is 22.1 Å². The SMILES string of the molecule is CCOc1cc(C=c2sc3nc4ccccc4n3c2=O)ccc1OCc1ccccc1Cl. The number of hydrogen-bond donors (Lipinski definition) is 0. The van der Waals surface area contributed by atoms with Crippen molar-refractivity contribution in [3.8, 4) is 11.5 Å². The summed E-state index contributed by atoms with van der Waals surface area (Å²) in [6.45, 7) is 2.75. The third-order valence-corrected chi connectivity index (χ3v) is 6.39. The Labute approximate surface area is 193 Å². The first-order valence-corrected chi connectivity index (χ1v) is 11.4. The van der Waals surface area contributed by atoms with Gasteiger partial charge in [-0.2, -0.15) is 0 Å². The van der Waals surface area contributed by atoms with Gasteiger partial charge in [-0.15, -0.1) is 0 Å². The van der Waals surface area contributed by atoms with Gasteiger partial charge < -0.3 is 9.47 Å². The molecule has 0 spiro atoms. The standard InChI is InChI=1S/C25H19ClN2O3S/c1-2-30-22-13-16(11-12-21(22)31-15-17-7-3-4-8-18(17)26)14-23-24(29)28-20-10-6-5-9-19(20)27-25(28)32-23/h3-14H,2,15H2,1H3. The normalized spacial score (nSPS) is 12.0. The maximum Gasteiger partial charge on any atom is 0.274 e. The lowest BCUT2D eigenvalue weighted by Crippen LogP contribution is -2.22. The summed E-state index contributed by atoms with van der Waals surface area (Å²) in [5.41, 5.74) is 3.32. The summed E-state index contributed by atoms with van der Waals surface area (Å²) in [5.74, 6) is 1.24. The molecule has 160 valence electrons. The van der Waals surface area contributed by atoms with Crippen molar-refractivity contribution in [2.45, 2.75) is 13.5 Å². The van der Waals surface area contributed by atoms with Crippen molar-refractivity contribution in [3.63, 3.8) is 0 Å². The van der Waals surface area contributed by atoms with E-state index in [1.54, 1.807) is 4.40 Å². The minimum absolute atomic E-state index is 0.0734. The molecule has 0 saturated heterocycles. The van der Waals surface area contributed by atoms with Crippen LogP contribution in [-0.4, -0.2) is 16.0 Å². The molecule has 0 aliphatic heterocycles. The predicted molar refractivity (Wildman–Crippen MR) is 129 cm³/mol. The van der Waals surface area contributed by atoms with E-state index in [0.717, 1.165) is 22.2 Å².